The lowest BCUT2D eigenvalue weighted by molar-refractivity contribution is -0.102. The standard InChI is InChI=1S/C13H14ClNO/c1-12(2,7-15)13(8-16-9-13)10-3-5-11(14)6-4-10/h3-6H,8-9H2,1-2H3. The van der Waals surface area contributed by atoms with Gasteiger partial charge in [-0.2, -0.15) is 5.26 Å². The van der Waals surface area contributed by atoms with Crippen LogP contribution in [0, 0.1) is 16.7 Å². The van der Waals surface area contributed by atoms with Gasteiger partial charge in [0.15, 0.2) is 0 Å². The van der Waals surface area contributed by atoms with Gasteiger partial charge in [-0.1, -0.05) is 23.7 Å². The highest BCUT2D eigenvalue weighted by Crippen LogP contribution is 2.47. The molecule has 2 rings (SSSR count). The van der Waals surface area contributed by atoms with E-state index in [2.05, 4.69) is 6.07 Å². The Morgan fingerprint density at radius 1 is 1.31 bits per heavy atom. The summed E-state index contributed by atoms with van der Waals surface area (Å²) in [6.45, 7) is 5.14. The summed E-state index contributed by atoms with van der Waals surface area (Å²) in [4.78, 5) is 0. The number of hydrogen-bond donors (Lipinski definition) is 0. The topological polar surface area (TPSA) is 33.0 Å². The Kier molecular flexibility index (Phi) is 2.69. The van der Waals surface area contributed by atoms with Gasteiger partial charge < -0.3 is 4.74 Å². The van der Waals surface area contributed by atoms with Crippen molar-refractivity contribution in [2.75, 3.05) is 13.2 Å². The second kappa shape index (κ2) is 3.76. The first-order chi connectivity index (χ1) is 7.52. The number of benzene rings is 1. The van der Waals surface area contributed by atoms with Crippen LogP contribution >= 0.6 is 11.6 Å². The van der Waals surface area contributed by atoms with E-state index in [4.69, 9.17) is 16.3 Å². The van der Waals surface area contributed by atoms with Gasteiger partial charge >= 0.3 is 0 Å². The van der Waals surface area contributed by atoms with Crippen molar-refractivity contribution in [3.05, 3.63) is 34.9 Å². The predicted molar refractivity (Wildman–Crippen MR) is 63.3 cm³/mol. The number of nitriles is 1. The molecule has 0 spiro atoms. The molecule has 1 aliphatic rings. The third kappa shape index (κ3) is 1.52. The van der Waals surface area contributed by atoms with E-state index in [1.54, 1.807) is 0 Å². The Balaban J connectivity index is 2.44. The zero-order chi connectivity index (χ0) is 11.8. The van der Waals surface area contributed by atoms with Crippen molar-refractivity contribution in [2.24, 2.45) is 5.41 Å². The number of nitrogens with zero attached hydrogens (tertiary/aromatic N) is 1. The lowest BCUT2D eigenvalue weighted by atomic mass is 9.61. The maximum atomic E-state index is 9.28. The van der Waals surface area contributed by atoms with Crippen molar-refractivity contribution in [1.82, 2.24) is 0 Å². The summed E-state index contributed by atoms with van der Waals surface area (Å²) in [7, 11) is 0. The number of halogens is 1. The van der Waals surface area contributed by atoms with E-state index in [1.807, 2.05) is 38.1 Å². The van der Waals surface area contributed by atoms with Crippen molar-refractivity contribution in [2.45, 2.75) is 19.3 Å². The Morgan fingerprint density at radius 3 is 2.25 bits per heavy atom. The second-order valence-electron chi connectivity index (χ2n) is 4.82. The van der Waals surface area contributed by atoms with Crippen molar-refractivity contribution in [3.8, 4) is 6.07 Å². The van der Waals surface area contributed by atoms with Crippen LogP contribution in [0.5, 0.6) is 0 Å². The summed E-state index contributed by atoms with van der Waals surface area (Å²) in [6.07, 6.45) is 0. The second-order valence-corrected chi connectivity index (χ2v) is 5.26. The maximum absolute atomic E-state index is 9.28. The van der Waals surface area contributed by atoms with E-state index in [0.29, 0.717) is 18.2 Å². The van der Waals surface area contributed by atoms with Gasteiger partial charge in [-0.3, -0.25) is 0 Å². The van der Waals surface area contributed by atoms with E-state index in [-0.39, 0.29) is 5.41 Å². The lowest BCUT2D eigenvalue weighted by Gasteiger charge is -2.49. The molecule has 2 nitrogen and oxygen atoms in total. The summed E-state index contributed by atoms with van der Waals surface area (Å²) in [5.41, 5.74) is 0.514. The Bertz CT molecular complexity index is 426. The molecule has 1 aromatic carbocycles. The third-order valence-electron chi connectivity index (χ3n) is 3.57. The molecule has 0 bridgehead atoms. The lowest BCUT2D eigenvalue weighted by Crippen LogP contribution is -2.56. The summed E-state index contributed by atoms with van der Waals surface area (Å²) >= 11 is 5.87. The van der Waals surface area contributed by atoms with Gasteiger partial charge in [-0.05, 0) is 31.5 Å². The van der Waals surface area contributed by atoms with Crippen molar-refractivity contribution in [3.63, 3.8) is 0 Å². The largest absolute Gasteiger partial charge is 0.379 e. The minimum atomic E-state index is -0.431. The van der Waals surface area contributed by atoms with E-state index >= 15 is 0 Å². The minimum Gasteiger partial charge on any atom is -0.379 e. The first-order valence-electron chi connectivity index (χ1n) is 5.27. The molecule has 0 unspecified atom stereocenters. The molecule has 0 aliphatic carbocycles. The monoisotopic (exact) mass is 235 g/mol. The van der Waals surface area contributed by atoms with E-state index < -0.39 is 5.41 Å². The molecule has 0 N–H and O–H groups in total. The molecule has 0 amide bonds. The number of rotatable bonds is 2. The van der Waals surface area contributed by atoms with Gasteiger partial charge in [0.05, 0.1) is 30.1 Å². The van der Waals surface area contributed by atoms with Crippen LogP contribution < -0.4 is 0 Å². The highest BCUT2D eigenvalue weighted by atomic mass is 35.5. The van der Waals surface area contributed by atoms with Gasteiger partial charge in [-0.25, -0.2) is 0 Å². The maximum Gasteiger partial charge on any atom is 0.0695 e. The fraction of sp³-hybridized carbons (Fsp3) is 0.462. The molecule has 1 fully saturated rings. The van der Waals surface area contributed by atoms with Crippen molar-refractivity contribution < 1.29 is 4.74 Å². The summed E-state index contributed by atoms with van der Waals surface area (Å²) < 4.78 is 5.33. The quantitative estimate of drug-likeness (QED) is 0.789. The Labute approximate surface area is 101 Å². The highest BCUT2D eigenvalue weighted by Gasteiger charge is 2.52. The van der Waals surface area contributed by atoms with E-state index in [9.17, 15) is 5.26 Å². The third-order valence-corrected chi connectivity index (χ3v) is 3.82. The Morgan fingerprint density at radius 2 is 1.88 bits per heavy atom. The molecule has 1 heterocycles. The highest BCUT2D eigenvalue weighted by molar-refractivity contribution is 6.30. The van der Waals surface area contributed by atoms with Crippen LogP contribution in [0.3, 0.4) is 0 Å². The fourth-order valence-electron chi connectivity index (χ4n) is 2.07. The number of hydrogen-bond acceptors (Lipinski definition) is 2. The smallest absolute Gasteiger partial charge is 0.0695 e. The molecule has 1 saturated heterocycles. The minimum absolute atomic E-state index is 0.188. The van der Waals surface area contributed by atoms with Gasteiger partial charge in [0.2, 0.25) is 0 Å². The first kappa shape index (κ1) is 11.4. The predicted octanol–water partition coefficient (Wildman–Crippen LogP) is 3.16. The average Bonchev–Trinajstić information content (AvgIpc) is 2.19. The van der Waals surface area contributed by atoms with Gasteiger partial charge in [-0.15, -0.1) is 0 Å². The van der Waals surface area contributed by atoms with Crippen LogP contribution in [0.4, 0.5) is 0 Å². The molecule has 1 aromatic rings. The summed E-state index contributed by atoms with van der Waals surface area (Å²) in [5.74, 6) is 0. The molecule has 0 radical (unpaired) electrons. The fourth-order valence-corrected chi connectivity index (χ4v) is 2.20. The van der Waals surface area contributed by atoms with E-state index in [0.717, 1.165) is 5.56 Å². The van der Waals surface area contributed by atoms with E-state index in [1.165, 1.54) is 0 Å². The Hall–Kier alpha value is -1.04. The molecule has 84 valence electrons. The number of ether oxygens (including phenoxy) is 1. The molecule has 0 saturated carbocycles. The van der Waals surface area contributed by atoms with Crippen LogP contribution in [-0.2, 0) is 10.2 Å². The van der Waals surface area contributed by atoms with Gasteiger partial charge in [0, 0.05) is 5.02 Å². The van der Waals surface area contributed by atoms with Gasteiger partial charge in [0.25, 0.3) is 0 Å². The molecular formula is C13H14ClNO. The van der Waals surface area contributed by atoms with Crippen molar-refractivity contribution in [1.29, 1.82) is 5.26 Å². The molecule has 16 heavy (non-hydrogen) atoms. The molecule has 3 heteroatoms. The summed E-state index contributed by atoms with van der Waals surface area (Å²) in [5, 5.41) is 10.00. The average molecular weight is 236 g/mol. The van der Waals surface area contributed by atoms with Crippen LogP contribution in [0.2, 0.25) is 5.02 Å². The zero-order valence-corrected chi connectivity index (χ0v) is 10.2. The van der Waals surface area contributed by atoms with Crippen LogP contribution in [-0.4, -0.2) is 13.2 Å². The van der Waals surface area contributed by atoms with Crippen LogP contribution in [0.1, 0.15) is 19.4 Å². The molecule has 1 aliphatic heterocycles. The molecule has 0 atom stereocenters. The van der Waals surface area contributed by atoms with Gasteiger partial charge in [0.1, 0.15) is 0 Å². The molecular weight excluding hydrogens is 222 g/mol. The normalized spacial score (nSPS) is 18.6. The SMILES string of the molecule is CC(C)(C#N)C1(c2ccc(Cl)cc2)COC1. The van der Waals surface area contributed by atoms with Crippen LogP contribution in [0.15, 0.2) is 24.3 Å². The van der Waals surface area contributed by atoms with Crippen LogP contribution in [0.25, 0.3) is 0 Å². The molecule has 0 aromatic heterocycles. The van der Waals surface area contributed by atoms with Crippen molar-refractivity contribution >= 4 is 11.6 Å². The first-order valence-corrected chi connectivity index (χ1v) is 5.65. The zero-order valence-electron chi connectivity index (χ0n) is 9.46. The summed E-state index contributed by atoms with van der Waals surface area (Å²) in [6, 6.07) is 10.1.